The van der Waals surface area contributed by atoms with E-state index < -0.39 is 5.54 Å². The first kappa shape index (κ1) is 16.0. The predicted octanol–water partition coefficient (Wildman–Crippen LogP) is 1.02. The van der Waals surface area contributed by atoms with E-state index in [2.05, 4.69) is 5.32 Å². The van der Waals surface area contributed by atoms with Crippen molar-refractivity contribution in [3.8, 4) is 0 Å². The highest BCUT2D eigenvalue weighted by Crippen LogP contribution is 2.27. The third-order valence-corrected chi connectivity index (χ3v) is 3.92. The summed E-state index contributed by atoms with van der Waals surface area (Å²) in [5.41, 5.74) is 5.38. The van der Waals surface area contributed by atoms with E-state index in [1.807, 2.05) is 18.7 Å². The van der Waals surface area contributed by atoms with Gasteiger partial charge in [0.1, 0.15) is 0 Å². The molecule has 1 aliphatic carbocycles. The van der Waals surface area contributed by atoms with Crippen molar-refractivity contribution in [3.05, 3.63) is 0 Å². The van der Waals surface area contributed by atoms with Crippen LogP contribution in [0.15, 0.2) is 0 Å². The first-order chi connectivity index (χ1) is 9.03. The average Bonchev–Trinajstić information content (AvgIpc) is 2.84. The van der Waals surface area contributed by atoms with Gasteiger partial charge < -0.3 is 16.0 Å². The Balaban J connectivity index is 2.20. The number of hydrogen-bond donors (Lipinski definition) is 2. The van der Waals surface area contributed by atoms with Crippen LogP contribution in [0.25, 0.3) is 0 Å². The maximum atomic E-state index is 11.9. The van der Waals surface area contributed by atoms with E-state index in [0.717, 1.165) is 38.8 Å². The zero-order valence-electron chi connectivity index (χ0n) is 12.2. The van der Waals surface area contributed by atoms with Crippen LogP contribution in [-0.2, 0) is 9.59 Å². The summed E-state index contributed by atoms with van der Waals surface area (Å²) in [7, 11) is 0. The maximum absolute atomic E-state index is 11.9. The van der Waals surface area contributed by atoms with Gasteiger partial charge in [0.2, 0.25) is 11.8 Å². The molecule has 0 radical (unpaired) electrons. The molecule has 0 spiro atoms. The van der Waals surface area contributed by atoms with Crippen LogP contribution in [0, 0.1) is 0 Å². The fourth-order valence-corrected chi connectivity index (χ4v) is 2.58. The number of nitrogens with zero attached hydrogens (tertiary/aromatic N) is 1. The van der Waals surface area contributed by atoms with Crippen molar-refractivity contribution in [3.63, 3.8) is 0 Å². The molecule has 1 saturated carbocycles. The molecule has 0 heterocycles. The van der Waals surface area contributed by atoms with Crippen molar-refractivity contribution in [1.82, 2.24) is 10.2 Å². The Morgan fingerprint density at radius 3 is 2.32 bits per heavy atom. The lowest BCUT2D eigenvalue weighted by Gasteiger charge is -2.22. The fraction of sp³-hybridized carbons (Fsp3) is 0.857. The summed E-state index contributed by atoms with van der Waals surface area (Å²) in [6.07, 6.45) is 4.78. The zero-order chi connectivity index (χ0) is 14.3. The maximum Gasteiger partial charge on any atom is 0.240 e. The Bertz CT molecular complexity index is 308. The lowest BCUT2D eigenvalue weighted by molar-refractivity contribution is -0.131. The molecule has 19 heavy (non-hydrogen) atoms. The van der Waals surface area contributed by atoms with E-state index in [0.29, 0.717) is 19.4 Å². The van der Waals surface area contributed by atoms with Gasteiger partial charge in [-0.1, -0.05) is 12.8 Å². The van der Waals surface area contributed by atoms with Crippen LogP contribution >= 0.6 is 0 Å². The number of carbonyl (C=O) groups excluding carboxylic acids is 2. The molecule has 0 aliphatic heterocycles. The van der Waals surface area contributed by atoms with Gasteiger partial charge in [0.15, 0.2) is 0 Å². The van der Waals surface area contributed by atoms with E-state index in [9.17, 15) is 9.59 Å². The van der Waals surface area contributed by atoms with Gasteiger partial charge in [-0.15, -0.1) is 0 Å². The molecule has 1 rings (SSSR count). The SMILES string of the molecule is CCN(CC)C(=O)CCCNC(=O)C1(N)CCCC1. The Kier molecular flexibility index (Phi) is 6.28. The van der Waals surface area contributed by atoms with Gasteiger partial charge in [0.05, 0.1) is 5.54 Å². The molecule has 5 heteroatoms. The van der Waals surface area contributed by atoms with E-state index in [4.69, 9.17) is 5.73 Å². The molecule has 0 unspecified atom stereocenters. The molecule has 0 aromatic rings. The molecule has 0 aromatic carbocycles. The smallest absolute Gasteiger partial charge is 0.240 e. The Morgan fingerprint density at radius 1 is 1.21 bits per heavy atom. The lowest BCUT2D eigenvalue weighted by Crippen LogP contribution is -2.52. The summed E-state index contributed by atoms with van der Waals surface area (Å²) in [4.78, 5) is 25.5. The van der Waals surface area contributed by atoms with Crippen molar-refractivity contribution in [1.29, 1.82) is 0 Å². The van der Waals surface area contributed by atoms with Crippen LogP contribution in [0.5, 0.6) is 0 Å². The summed E-state index contributed by atoms with van der Waals surface area (Å²) in [5.74, 6) is 0.0999. The Labute approximate surface area is 115 Å². The molecular formula is C14H27N3O2. The average molecular weight is 269 g/mol. The van der Waals surface area contributed by atoms with Crippen molar-refractivity contribution in [2.24, 2.45) is 5.73 Å². The highest BCUT2D eigenvalue weighted by molar-refractivity contribution is 5.86. The van der Waals surface area contributed by atoms with E-state index >= 15 is 0 Å². The number of hydrogen-bond acceptors (Lipinski definition) is 3. The Morgan fingerprint density at radius 2 is 1.79 bits per heavy atom. The fourth-order valence-electron chi connectivity index (χ4n) is 2.58. The third-order valence-electron chi connectivity index (χ3n) is 3.92. The highest BCUT2D eigenvalue weighted by atomic mass is 16.2. The molecule has 0 atom stereocenters. The van der Waals surface area contributed by atoms with Gasteiger partial charge in [-0.3, -0.25) is 9.59 Å². The van der Waals surface area contributed by atoms with Crippen LogP contribution in [0.2, 0.25) is 0 Å². The van der Waals surface area contributed by atoms with Crippen molar-refractivity contribution in [2.45, 2.75) is 57.9 Å². The molecule has 1 aliphatic rings. The lowest BCUT2D eigenvalue weighted by atomic mass is 9.98. The number of amides is 2. The molecule has 1 fully saturated rings. The largest absolute Gasteiger partial charge is 0.354 e. The second-order valence-electron chi connectivity index (χ2n) is 5.29. The minimum Gasteiger partial charge on any atom is -0.354 e. The van der Waals surface area contributed by atoms with Crippen LogP contribution in [-0.4, -0.2) is 41.9 Å². The van der Waals surface area contributed by atoms with Gasteiger partial charge >= 0.3 is 0 Å². The summed E-state index contributed by atoms with van der Waals surface area (Å²) >= 11 is 0. The number of nitrogens with two attached hydrogens (primary N) is 1. The molecule has 5 nitrogen and oxygen atoms in total. The van der Waals surface area contributed by atoms with Crippen LogP contribution in [0.1, 0.15) is 52.4 Å². The molecule has 110 valence electrons. The van der Waals surface area contributed by atoms with Crippen LogP contribution < -0.4 is 11.1 Å². The first-order valence-corrected chi connectivity index (χ1v) is 7.38. The molecule has 0 bridgehead atoms. The summed E-state index contributed by atoms with van der Waals surface area (Å²) in [5, 5.41) is 2.86. The van der Waals surface area contributed by atoms with Gasteiger partial charge in [0.25, 0.3) is 0 Å². The van der Waals surface area contributed by atoms with E-state index in [-0.39, 0.29) is 11.8 Å². The van der Waals surface area contributed by atoms with Gasteiger partial charge in [-0.25, -0.2) is 0 Å². The standard InChI is InChI=1S/C14H27N3O2/c1-3-17(4-2)12(18)8-7-11-16-13(19)14(15)9-5-6-10-14/h3-11,15H2,1-2H3,(H,16,19). The molecule has 0 saturated heterocycles. The van der Waals surface area contributed by atoms with Gasteiger partial charge in [-0.2, -0.15) is 0 Å². The van der Waals surface area contributed by atoms with E-state index in [1.165, 1.54) is 0 Å². The molecule has 2 amide bonds. The van der Waals surface area contributed by atoms with Crippen molar-refractivity contribution >= 4 is 11.8 Å². The number of nitrogens with one attached hydrogen (secondary N) is 1. The second kappa shape index (κ2) is 7.48. The van der Waals surface area contributed by atoms with Crippen molar-refractivity contribution < 1.29 is 9.59 Å². The van der Waals surface area contributed by atoms with Gasteiger partial charge in [-0.05, 0) is 33.1 Å². The summed E-state index contributed by atoms with van der Waals surface area (Å²) < 4.78 is 0. The van der Waals surface area contributed by atoms with Crippen molar-refractivity contribution in [2.75, 3.05) is 19.6 Å². The minimum atomic E-state index is -0.664. The van der Waals surface area contributed by atoms with Gasteiger partial charge in [0, 0.05) is 26.1 Å². The Hall–Kier alpha value is -1.10. The molecule has 0 aromatic heterocycles. The molecular weight excluding hydrogens is 242 g/mol. The normalized spacial score (nSPS) is 17.2. The number of rotatable bonds is 7. The second-order valence-corrected chi connectivity index (χ2v) is 5.29. The first-order valence-electron chi connectivity index (χ1n) is 7.38. The zero-order valence-corrected chi connectivity index (χ0v) is 12.2. The minimum absolute atomic E-state index is 0.0553. The quantitative estimate of drug-likeness (QED) is 0.678. The predicted molar refractivity (Wildman–Crippen MR) is 75.6 cm³/mol. The highest BCUT2D eigenvalue weighted by Gasteiger charge is 2.36. The molecule has 3 N–H and O–H groups in total. The summed E-state index contributed by atoms with van der Waals surface area (Å²) in [6.45, 7) is 5.97. The monoisotopic (exact) mass is 269 g/mol. The third kappa shape index (κ3) is 4.49. The number of carbonyl (C=O) groups is 2. The van der Waals surface area contributed by atoms with Crippen LogP contribution in [0.3, 0.4) is 0 Å². The topological polar surface area (TPSA) is 75.4 Å². The van der Waals surface area contributed by atoms with Crippen LogP contribution in [0.4, 0.5) is 0 Å². The summed E-state index contributed by atoms with van der Waals surface area (Å²) in [6, 6.07) is 0. The van der Waals surface area contributed by atoms with E-state index in [1.54, 1.807) is 0 Å².